The van der Waals surface area contributed by atoms with Gasteiger partial charge in [-0.1, -0.05) is 36.4 Å². The van der Waals surface area contributed by atoms with Crippen molar-refractivity contribution < 1.29 is 9.13 Å². The lowest BCUT2D eigenvalue weighted by atomic mass is 10.0. The summed E-state index contributed by atoms with van der Waals surface area (Å²) < 4.78 is 18.9. The number of nitrogens with zero attached hydrogens (tertiary/aromatic N) is 2. The van der Waals surface area contributed by atoms with Crippen LogP contribution in [-0.2, 0) is 6.54 Å². The Morgan fingerprint density at radius 1 is 1.13 bits per heavy atom. The standard InChI is InChI=1S/C19H23FN2O/c1-21-10-11-22(18(14-21)16-6-4-3-5-7-16)13-15-8-9-19(23-2)17(20)12-15/h3-9,12,18H,10-11,13-14H2,1-2H3. The summed E-state index contributed by atoms with van der Waals surface area (Å²) in [6, 6.07) is 16.1. The summed E-state index contributed by atoms with van der Waals surface area (Å²) in [6.07, 6.45) is 0. The molecule has 3 rings (SSSR count). The van der Waals surface area contributed by atoms with E-state index in [0.717, 1.165) is 31.7 Å². The average molecular weight is 314 g/mol. The van der Waals surface area contributed by atoms with Gasteiger partial charge in [-0.2, -0.15) is 0 Å². The highest BCUT2D eigenvalue weighted by Gasteiger charge is 2.26. The predicted molar refractivity (Wildman–Crippen MR) is 90.0 cm³/mol. The summed E-state index contributed by atoms with van der Waals surface area (Å²) in [5.74, 6) is 0.00197. The lowest BCUT2D eigenvalue weighted by molar-refractivity contribution is 0.0833. The molecule has 0 bridgehead atoms. The zero-order valence-corrected chi connectivity index (χ0v) is 13.7. The Labute approximate surface area is 137 Å². The maximum atomic E-state index is 13.9. The van der Waals surface area contributed by atoms with E-state index in [1.54, 1.807) is 12.1 Å². The van der Waals surface area contributed by atoms with Crippen LogP contribution in [0.4, 0.5) is 4.39 Å². The van der Waals surface area contributed by atoms with E-state index in [2.05, 4.69) is 41.1 Å². The van der Waals surface area contributed by atoms with Crippen LogP contribution in [0.1, 0.15) is 17.2 Å². The van der Waals surface area contributed by atoms with E-state index >= 15 is 0 Å². The van der Waals surface area contributed by atoms with Crippen LogP contribution in [0.2, 0.25) is 0 Å². The third-order valence-electron chi connectivity index (χ3n) is 4.48. The summed E-state index contributed by atoms with van der Waals surface area (Å²) >= 11 is 0. The van der Waals surface area contributed by atoms with Crippen LogP contribution in [0.15, 0.2) is 48.5 Å². The molecule has 0 N–H and O–H groups in total. The molecule has 122 valence electrons. The van der Waals surface area contributed by atoms with Crippen LogP contribution < -0.4 is 4.74 Å². The minimum atomic E-state index is -0.296. The van der Waals surface area contributed by atoms with Crippen LogP contribution in [0.3, 0.4) is 0 Å². The molecule has 0 aliphatic carbocycles. The van der Waals surface area contributed by atoms with Crippen LogP contribution in [-0.4, -0.2) is 43.6 Å². The Morgan fingerprint density at radius 3 is 2.61 bits per heavy atom. The van der Waals surface area contributed by atoms with Gasteiger partial charge in [-0.05, 0) is 30.3 Å². The van der Waals surface area contributed by atoms with Gasteiger partial charge in [0.25, 0.3) is 0 Å². The molecule has 3 nitrogen and oxygen atoms in total. The zero-order chi connectivity index (χ0) is 16.2. The van der Waals surface area contributed by atoms with Gasteiger partial charge in [0.15, 0.2) is 11.6 Å². The van der Waals surface area contributed by atoms with Crippen molar-refractivity contribution in [2.24, 2.45) is 0 Å². The molecular formula is C19H23FN2O. The summed E-state index contributed by atoms with van der Waals surface area (Å²) in [7, 11) is 3.64. The summed E-state index contributed by atoms with van der Waals surface area (Å²) in [6.45, 7) is 3.74. The van der Waals surface area contributed by atoms with E-state index < -0.39 is 0 Å². The molecule has 0 amide bonds. The Hall–Kier alpha value is -1.91. The molecule has 23 heavy (non-hydrogen) atoms. The zero-order valence-electron chi connectivity index (χ0n) is 13.7. The van der Waals surface area contributed by atoms with E-state index in [9.17, 15) is 4.39 Å². The Morgan fingerprint density at radius 2 is 1.91 bits per heavy atom. The number of hydrogen-bond donors (Lipinski definition) is 0. The largest absolute Gasteiger partial charge is 0.494 e. The molecule has 1 aliphatic heterocycles. The van der Waals surface area contributed by atoms with E-state index in [1.807, 2.05) is 12.1 Å². The number of hydrogen-bond acceptors (Lipinski definition) is 3. The van der Waals surface area contributed by atoms with Gasteiger partial charge in [0, 0.05) is 32.2 Å². The third-order valence-corrected chi connectivity index (χ3v) is 4.48. The summed E-state index contributed by atoms with van der Waals surface area (Å²) in [5, 5.41) is 0. The Balaban J connectivity index is 1.80. The molecule has 1 atom stereocenters. The fourth-order valence-electron chi connectivity index (χ4n) is 3.18. The second-order valence-electron chi connectivity index (χ2n) is 6.13. The molecule has 4 heteroatoms. The minimum Gasteiger partial charge on any atom is -0.494 e. The number of piperazine rings is 1. The molecule has 0 radical (unpaired) electrons. The average Bonchev–Trinajstić information content (AvgIpc) is 2.57. The molecule has 0 spiro atoms. The van der Waals surface area contributed by atoms with Crippen molar-refractivity contribution in [3.8, 4) is 5.75 Å². The molecule has 0 saturated carbocycles. The van der Waals surface area contributed by atoms with Crippen molar-refractivity contribution in [1.29, 1.82) is 0 Å². The van der Waals surface area contributed by atoms with Gasteiger partial charge in [-0.3, -0.25) is 4.90 Å². The fraction of sp³-hybridized carbons (Fsp3) is 0.368. The highest BCUT2D eigenvalue weighted by atomic mass is 19.1. The van der Waals surface area contributed by atoms with E-state index in [0.29, 0.717) is 11.8 Å². The van der Waals surface area contributed by atoms with Gasteiger partial charge in [0.2, 0.25) is 0 Å². The summed E-state index contributed by atoms with van der Waals surface area (Å²) in [4.78, 5) is 4.78. The fourth-order valence-corrected chi connectivity index (χ4v) is 3.18. The van der Waals surface area contributed by atoms with Crippen molar-refractivity contribution in [1.82, 2.24) is 9.80 Å². The predicted octanol–water partition coefficient (Wildman–Crippen LogP) is 3.32. The molecule has 1 heterocycles. The van der Waals surface area contributed by atoms with E-state index in [1.165, 1.54) is 12.7 Å². The van der Waals surface area contributed by atoms with Crippen molar-refractivity contribution in [3.05, 3.63) is 65.5 Å². The summed E-state index contributed by atoms with van der Waals surface area (Å²) in [5.41, 5.74) is 2.29. The molecule has 1 fully saturated rings. The van der Waals surface area contributed by atoms with Gasteiger partial charge in [0.1, 0.15) is 0 Å². The molecule has 0 aromatic heterocycles. The highest BCUT2D eigenvalue weighted by molar-refractivity contribution is 5.29. The first-order valence-corrected chi connectivity index (χ1v) is 7.97. The topological polar surface area (TPSA) is 15.7 Å². The smallest absolute Gasteiger partial charge is 0.165 e. The van der Waals surface area contributed by atoms with Crippen molar-refractivity contribution in [2.45, 2.75) is 12.6 Å². The first-order chi connectivity index (χ1) is 11.2. The molecule has 1 aliphatic rings. The van der Waals surface area contributed by atoms with Gasteiger partial charge in [-0.15, -0.1) is 0 Å². The first-order valence-electron chi connectivity index (χ1n) is 7.97. The van der Waals surface area contributed by atoms with E-state index in [-0.39, 0.29) is 5.82 Å². The van der Waals surface area contributed by atoms with Crippen LogP contribution in [0.25, 0.3) is 0 Å². The molecule has 1 saturated heterocycles. The second kappa shape index (κ2) is 7.11. The molecular weight excluding hydrogens is 291 g/mol. The van der Waals surface area contributed by atoms with Crippen molar-refractivity contribution in [3.63, 3.8) is 0 Å². The quantitative estimate of drug-likeness (QED) is 0.861. The lowest BCUT2D eigenvalue weighted by Crippen LogP contribution is -2.46. The maximum Gasteiger partial charge on any atom is 0.165 e. The van der Waals surface area contributed by atoms with Gasteiger partial charge in [-0.25, -0.2) is 4.39 Å². The van der Waals surface area contributed by atoms with Gasteiger partial charge < -0.3 is 9.64 Å². The number of likely N-dealkylation sites (N-methyl/N-ethyl adjacent to an activating group) is 1. The SMILES string of the molecule is COc1ccc(CN2CCN(C)CC2c2ccccc2)cc1F. The molecule has 1 unspecified atom stereocenters. The highest BCUT2D eigenvalue weighted by Crippen LogP contribution is 2.27. The molecule has 2 aromatic rings. The van der Waals surface area contributed by atoms with Crippen LogP contribution in [0.5, 0.6) is 5.75 Å². The Bertz CT molecular complexity index is 647. The normalized spacial score (nSPS) is 19.7. The first kappa shape index (κ1) is 16.0. The Kier molecular flexibility index (Phi) is 4.94. The lowest BCUT2D eigenvalue weighted by Gasteiger charge is -2.40. The monoisotopic (exact) mass is 314 g/mol. The number of ether oxygens (including phenoxy) is 1. The number of rotatable bonds is 4. The number of methoxy groups -OCH3 is 1. The van der Waals surface area contributed by atoms with Crippen LogP contribution >= 0.6 is 0 Å². The van der Waals surface area contributed by atoms with Crippen molar-refractivity contribution >= 4 is 0 Å². The number of halogens is 1. The number of benzene rings is 2. The van der Waals surface area contributed by atoms with Crippen molar-refractivity contribution in [2.75, 3.05) is 33.8 Å². The minimum absolute atomic E-state index is 0.296. The van der Waals surface area contributed by atoms with Gasteiger partial charge >= 0.3 is 0 Å². The molecule has 2 aromatic carbocycles. The van der Waals surface area contributed by atoms with E-state index in [4.69, 9.17) is 4.74 Å². The second-order valence-corrected chi connectivity index (χ2v) is 6.13. The van der Waals surface area contributed by atoms with Crippen LogP contribution in [0, 0.1) is 5.82 Å². The maximum absolute atomic E-state index is 13.9. The third kappa shape index (κ3) is 3.71. The van der Waals surface area contributed by atoms with Gasteiger partial charge in [0.05, 0.1) is 7.11 Å².